The number of carbonyl (C=O) groups excluding carboxylic acids is 2. The molecule has 5 nitrogen and oxygen atoms in total. The molecule has 21 heavy (non-hydrogen) atoms. The Hall–Kier alpha value is -1.59. The fourth-order valence-corrected chi connectivity index (χ4v) is 3.26. The molecule has 2 atom stereocenters. The van der Waals surface area contributed by atoms with Gasteiger partial charge in [-0.2, -0.15) is 0 Å². The van der Waals surface area contributed by atoms with Gasteiger partial charge in [-0.3, -0.25) is 9.59 Å². The Morgan fingerprint density at radius 1 is 1.29 bits per heavy atom. The SMILES string of the molecule is N[C@@H]1CCN(C(=O)C2CC(=O)N(c3ccccc3Cl)C2)C1. The molecular weight excluding hydrogens is 290 g/mol. The molecule has 2 aliphatic heterocycles. The number of nitrogens with two attached hydrogens (primary N) is 1. The van der Waals surface area contributed by atoms with Crippen molar-refractivity contribution in [2.24, 2.45) is 11.7 Å². The van der Waals surface area contributed by atoms with E-state index in [1.54, 1.807) is 21.9 Å². The molecule has 1 aromatic rings. The molecule has 0 saturated carbocycles. The first-order valence-electron chi connectivity index (χ1n) is 7.15. The van der Waals surface area contributed by atoms with Crippen LogP contribution >= 0.6 is 11.6 Å². The number of rotatable bonds is 2. The highest BCUT2D eigenvalue weighted by atomic mass is 35.5. The Balaban J connectivity index is 1.73. The van der Waals surface area contributed by atoms with Gasteiger partial charge < -0.3 is 15.5 Å². The van der Waals surface area contributed by atoms with Crippen molar-refractivity contribution in [3.8, 4) is 0 Å². The van der Waals surface area contributed by atoms with Crippen molar-refractivity contribution in [1.82, 2.24) is 4.90 Å². The Labute approximate surface area is 128 Å². The number of amides is 2. The van der Waals surface area contributed by atoms with Gasteiger partial charge in [0.05, 0.1) is 16.6 Å². The summed E-state index contributed by atoms with van der Waals surface area (Å²) in [5.41, 5.74) is 6.52. The lowest BCUT2D eigenvalue weighted by molar-refractivity contribution is -0.134. The Morgan fingerprint density at radius 3 is 2.71 bits per heavy atom. The average Bonchev–Trinajstić information content (AvgIpc) is 3.05. The molecule has 0 aromatic heterocycles. The van der Waals surface area contributed by atoms with E-state index in [0.717, 1.165) is 6.42 Å². The van der Waals surface area contributed by atoms with Crippen LogP contribution in [0.5, 0.6) is 0 Å². The highest BCUT2D eigenvalue weighted by molar-refractivity contribution is 6.33. The molecule has 1 aromatic carbocycles. The summed E-state index contributed by atoms with van der Waals surface area (Å²) in [6, 6.07) is 7.27. The molecule has 0 aliphatic carbocycles. The van der Waals surface area contributed by atoms with E-state index in [4.69, 9.17) is 17.3 Å². The molecule has 0 radical (unpaired) electrons. The summed E-state index contributed by atoms with van der Waals surface area (Å²) >= 11 is 6.14. The van der Waals surface area contributed by atoms with E-state index in [-0.39, 0.29) is 30.2 Å². The third-order valence-electron chi connectivity index (χ3n) is 4.15. The van der Waals surface area contributed by atoms with Gasteiger partial charge in [0.1, 0.15) is 0 Å². The third kappa shape index (κ3) is 2.76. The quantitative estimate of drug-likeness (QED) is 0.894. The molecule has 0 bridgehead atoms. The first kappa shape index (κ1) is 14.4. The van der Waals surface area contributed by atoms with Crippen LogP contribution in [0.2, 0.25) is 5.02 Å². The van der Waals surface area contributed by atoms with E-state index in [9.17, 15) is 9.59 Å². The number of likely N-dealkylation sites (tertiary alicyclic amines) is 1. The van der Waals surface area contributed by atoms with E-state index >= 15 is 0 Å². The molecule has 2 saturated heterocycles. The highest BCUT2D eigenvalue weighted by Gasteiger charge is 2.39. The Morgan fingerprint density at radius 2 is 2.05 bits per heavy atom. The average molecular weight is 308 g/mol. The van der Waals surface area contributed by atoms with Crippen molar-refractivity contribution in [2.75, 3.05) is 24.5 Å². The van der Waals surface area contributed by atoms with Gasteiger partial charge in [-0.15, -0.1) is 0 Å². The van der Waals surface area contributed by atoms with Gasteiger partial charge in [0.25, 0.3) is 0 Å². The van der Waals surface area contributed by atoms with E-state index in [1.807, 2.05) is 12.1 Å². The zero-order valence-electron chi connectivity index (χ0n) is 11.7. The van der Waals surface area contributed by atoms with Gasteiger partial charge in [0.2, 0.25) is 11.8 Å². The third-order valence-corrected chi connectivity index (χ3v) is 4.47. The summed E-state index contributed by atoms with van der Waals surface area (Å²) in [5, 5.41) is 0.530. The van der Waals surface area contributed by atoms with Crippen molar-refractivity contribution >= 4 is 29.1 Å². The predicted octanol–water partition coefficient (Wildman–Crippen LogP) is 1.25. The van der Waals surface area contributed by atoms with E-state index in [2.05, 4.69) is 0 Å². The number of anilines is 1. The first-order valence-corrected chi connectivity index (χ1v) is 7.53. The summed E-state index contributed by atoms with van der Waals surface area (Å²) in [4.78, 5) is 28.0. The van der Waals surface area contributed by atoms with Crippen LogP contribution in [0.25, 0.3) is 0 Å². The number of para-hydroxylation sites is 1. The van der Waals surface area contributed by atoms with Gasteiger partial charge in [-0.25, -0.2) is 0 Å². The minimum atomic E-state index is -0.293. The van der Waals surface area contributed by atoms with Crippen molar-refractivity contribution in [1.29, 1.82) is 0 Å². The van der Waals surface area contributed by atoms with Gasteiger partial charge in [0, 0.05) is 32.1 Å². The van der Waals surface area contributed by atoms with Crippen LogP contribution in [0.15, 0.2) is 24.3 Å². The molecule has 2 aliphatic rings. The second-order valence-electron chi connectivity index (χ2n) is 5.69. The molecule has 6 heteroatoms. The fourth-order valence-electron chi connectivity index (χ4n) is 3.02. The minimum absolute atomic E-state index is 0.0332. The highest BCUT2D eigenvalue weighted by Crippen LogP contribution is 2.31. The van der Waals surface area contributed by atoms with Crippen molar-refractivity contribution in [2.45, 2.75) is 18.9 Å². The molecular formula is C15H18ClN3O2. The van der Waals surface area contributed by atoms with E-state index in [1.165, 1.54) is 0 Å². The normalized spacial score (nSPS) is 25.7. The Kier molecular flexibility index (Phi) is 3.87. The molecule has 2 heterocycles. The zero-order valence-corrected chi connectivity index (χ0v) is 12.4. The van der Waals surface area contributed by atoms with E-state index in [0.29, 0.717) is 30.3 Å². The van der Waals surface area contributed by atoms with Crippen molar-refractivity contribution in [3.63, 3.8) is 0 Å². The van der Waals surface area contributed by atoms with Crippen LogP contribution in [-0.2, 0) is 9.59 Å². The summed E-state index contributed by atoms with van der Waals surface area (Å²) in [5.74, 6) is -0.310. The smallest absolute Gasteiger partial charge is 0.228 e. The molecule has 2 fully saturated rings. The second kappa shape index (κ2) is 5.66. The number of nitrogens with zero attached hydrogens (tertiary/aromatic N) is 2. The number of carbonyl (C=O) groups is 2. The summed E-state index contributed by atoms with van der Waals surface area (Å²) in [6.07, 6.45) is 1.08. The lowest BCUT2D eigenvalue weighted by Crippen LogP contribution is -2.37. The maximum absolute atomic E-state index is 12.5. The van der Waals surface area contributed by atoms with Gasteiger partial charge in [-0.05, 0) is 18.6 Å². The van der Waals surface area contributed by atoms with Crippen LogP contribution in [0, 0.1) is 5.92 Å². The van der Waals surface area contributed by atoms with Crippen LogP contribution in [-0.4, -0.2) is 42.4 Å². The van der Waals surface area contributed by atoms with E-state index < -0.39 is 0 Å². The number of benzene rings is 1. The van der Waals surface area contributed by atoms with Gasteiger partial charge >= 0.3 is 0 Å². The maximum atomic E-state index is 12.5. The van der Waals surface area contributed by atoms with Gasteiger partial charge in [-0.1, -0.05) is 23.7 Å². The van der Waals surface area contributed by atoms with Crippen molar-refractivity contribution in [3.05, 3.63) is 29.3 Å². The zero-order chi connectivity index (χ0) is 15.0. The maximum Gasteiger partial charge on any atom is 0.228 e. The van der Waals surface area contributed by atoms with Crippen LogP contribution in [0.1, 0.15) is 12.8 Å². The monoisotopic (exact) mass is 307 g/mol. The topological polar surface area (TPSA) is 66.6 Å². The molecule has 1 unspecified atom stereocenters. The van der Waals surface area contributed by atoms with Crippen molar-refractivity contribution < 1.29 is 9.59 Å². The van der Waals surface area contributed by atoms with Crippen LogP contribution in [0.4, 0.5) is 5.69 Å². The summed E-state index contributed by atoms with van der Waals surface area (Å²) in [7, 11) is 0. The summed E-state index contributed by atoms with van der Waals surface area (Å²) in [6.45, 7) is 1.68. The molecule has 2 N–H and O–H groups in total. The standard InChI is InChI=1S/C15H18ClN3O2/c16-12-3-1-2-4-13(12)19-8-10(7-14(19)20)15(21)18-6-5-11(17)9-18/h1-4,10-11H,5-9,17H2/t10?,11-/m1/s1. The largest absolute Gasteiger partial charge is 0.341 e. The lowest BCUT2D eigenvalue weighted by Gasteiger charge is -2.21. The van der Waals surface area contributed by atoms with Gasteiger partial charge in [0.15, 0.2) is 0 Å². The summed E-state index contributed by atoms with van der Waals surface area (Å²) < 4.78 is 0. The molecule has 2 amide bonds. The number of hydrogen-bond donors (Lipinski definition) is 1. The second-order valence-corrected chi connectivity index (χ2v) is 6.10. The first-order chi connectivity index (χ1) is 10.1. The minimum Gasteiger partial charge on any atom is -0.341 e. The molecule has 0 spiro atoms. The van der Waals surface area contributed by atoms with Crippen LogP contribution < -0.4 is 10.6 Å². The van der Waals surface area contributed by atoms with Crippen LogP contribution in [0.3, 0.4) is 0 Å². The Bertz CT molecular complexity index is 578. The fraction of sp³-hybridized carbons (Fsp3) is 0.467. The number of halogens is 1. The molecule has 3 rings (SSSR count). The predicted molar refractivity (Wildman–Crippen MR) is 81.1 cm³/mol. The lowest BCUT2D eigenvalue weighted by atomic mass is 10.1. The molecule has 112 valence electrons. The number of hydrogen-bond acceptors (Lipinski definition) is 3.